The van der Waals surface area contributed by atoms with Crippen LogP contribution < -0.4 is 0 Å². The lowest BCUT2D eigenvalue weighted by atomic mass is 10.0. The van der Waals surface area contributed by atoms with Crippen molar-refractivity contribution in [3.05, 3.63) is 12.2 Å². The summed E-state index contributed by atoms with van der Waals surface area (Å²) in [5.74, 6) is -1.09. The van der Waals surface area contributed by atoms with Gasteiger partial charge in [0.05, 0.1) is 12.0 Å². The van der Waals surface area contributed by atoms with Crippen LogP contribution in [0.25, 0.3) is 0 Å². The van der Waals surface area contributed by atoms with Crippen molar-refractivity contribution in [1.29, 1.82) is 0 Å². The van der Waals surface area contributed by atoms with E-state index in [9.17, 15) is 9.59 Å². The predicted molar refractivity (Wildman–Crippen MR) is 112 cm³/mol. The third-order valence-corrected chi connectivity index (χ3v) is 4.43. The van der Waals surface area contributed by atoms with Gasteiger partial charge in [-0.15, -0.1) is 11.6 Å². The van der Waals surface area contributed by atoms with Gasteiger partial charge >= 0.3 is 11.9 Å². The Balaban J connectivity index is 3.34. The van der Waals surface area contributed by atoms with Crippen LogP contribution in [0, 0.1) is 0 Å². The fourth-order valence-electron chi connectivity index (χ4n) is 2.72. The molecule has 0 aliphatic heterocycles. The van der Waals surface area contributed by atoms with Crippen molar-refractivity contribution in [2.24, 2.45) is 0 Å². The Morgan fingerprint density at radius 2 is 1.15 bits per heavy atom. The van der Waals surface area contributed by atoms with Crippen LogP contribution in [0.4, 0.5) is 0 Å². The molecule has 27 heavy (non-hydrogen) atoms. The van der Waals surface area contributed by atoms with E-state index >= 15 is 0 Å². The number of esters is 2. The zero-order chi connectivity index (χ0) is 20.2. The molecule has 4 nitrogen and oxygen atoms in total. The van der Waals surface area contributed by atoms with E-state index < -0.39 is 11.9 Å². The van der Waals surface area contributed by atoms with Crippen LogP contribution in [-0.4, -0.2) is 30.5 Å². The largest absolute Gasteiger partial charge is 0.463 e. The predicted octanol–water partition coefficient (Wildman–Crippen LogP) is 6.35. The molecule has 0 spiro atoms. The van der Waals surface area contributed by atoms with Crippen molar-refractivity contribution in [2.45, 2.75) is 103 Å². The Morgan fingerprint density at radius 3 is 1.59 bits per heavy atom. The Bertz CT molecular complexity index is 394. The maximum atomic E-state index is 11.5. The fourth-order valence-corrected chi connectivity index (χ4v) is 2.78. The molecule has 0 radical (unpaired) electrons. The molecule has 0 N–H and O–H groups in total. The number of carbonyl (C=O) groups excluding carboxylic acids is 2. The highest BCUT2D eigenvalue weighted by Gasteiger charge is 2.03. The molecule has 0 saturated heterocycles. The van der Waals surface area contributed by atoms with E-state index in [-0.39, 0.29) is 12.0 Å². The van der Waals surface area contributed by atoms with Gasteiger partial charge in [-0.3, -0.25) is 0 Å². The number of unbranched alkanes of at least 4 members (excludes halogenated alkanes) is 12. The molecule has 0 heterocycles. The zero-order valence-electron chi connectivity index (χ0n) is 17.3. The van der Waals surface area contributed by atoms with Crippen molar-refractivity contribution >= 4 is 23.5 Å². The second-order valence-corrected chi connectivity index (χ2v) is 7.90. The number of alkyl halides is 1. The average Bonchev–Trinajstić information content (AvgIpc) is 2.64. The van der Waals surface area contributed by atoms with Gasteiger partial charge < -0.3 is 9.47 Å². The Morgan fingerprint density at radius 1 is 0.741 bits per heavy atom. The first-order valence-corrected chi connectivity index (χ1v) is 11.2. The Hall–Kier alpha value is -1.03. The summed E-state index contributed by atoms with van der Waals surface area (Å²) in [4.78, 5) is 22.7. The fraction of sp³-hybridized carbons (Fsp3) is 0.818. The highest BCUT2D eigenvalue weighted by Crippen LogP contribution is 2.12. The van der Waals surface area contributed by atoms with Crippen molar-refractivity contribution in [3.63, 3.8) is 0 Å². The third kappa shape index (κ3) is 21.1. The normalized spacial score (nSPS) is 12.3. The van der Waals surface area contributed by atoms with Gasteiger partial charge in [0, 0.05) is 12.2 Å². The monoisotopic (exact) mass is 402 g/mol. The van der Waals surface area contributed by atoms with Crippen molar-refractivity contribution in [2.75, 3.05) is 13.2 Å². The van der Waals surface area contributed by atoms with Crippen LogP contribution in [0.5, 0.6) is 0 Å². The summed E-state index contributed by atoms with van der Waals surface area (Å²) >= 11 is 5.66. The van der Waals surface area contributed by atoms with Crippen LogP contribution in [-0.2, 0) is 19.1 Å². The second-order valence-electron chi connectivity index (χ2n) is 7.15. The Labute approximate surface area is 171 Å². The highest BCUT2D eigenvalue weighted by atomic mass is 35.5. The summed E-state index contributed by atoms with van der Waals surface area (Å²) < 4.78 is 9.87. The molecule has 0 fully saturated rings. The summed E-state index contributed by atoms with van der Waals surface area (Å²) in [6.45, 7) is 4.50. The van der Waals surface area contributed by atoms with E-state index in [0.717, 1.165) is 25.0 Å². The lowest BCUT2D eigenvalue weighted by Gasteiger charge is -2.04. The summed E-state index contributed by atoms with van der Waals surface area (Å²) in [7, 11) is 0. The van der Waals surface area contributed by atoms with Gasteiger partial charge in [0.1, 0.15) is 6.61 Å². The van der Waals surface area contributed by atoms with Gasteiger partial charge in [-0.2, -0.15) is 0 Å². The molecule has 0 aliphatic rings. The van der Waals surface area contributed by atoms with E-state index in [1.165, 1.54) is 70.6 Å². The molecular formula is C22H39ClO4. The summed E-state index contributed by atoms with van der Waals surface area (Å²) in [5.41, 5.74) is 0. The number of hydrogen-bond acceptors (Lipinski definition) is 4. The topological polar surface area (TPSA) is 52.6 Å². The maximum Gasteiger partial charge on any atom is 0.331 e. The summed E-state index contributed by atoms with van der Waals surface area (Å²) in [5, 5.41) is -0.246. The number of ether oxygens (including phenoxy) is 2. The van der Waals surface area contributed by atoms with Gasteiger partial charge in [-0.05, 0) is 13.3 Å². The SMILES string of the molecule is CCCCCCCCCCCCCCCOC(=O)/C=C/C(=O)OCC(C)Cl. The van der Waals surface area contributed by atoms with Crippen LogP contribution in [0.15, 0.2) is 12.2 Å². The standard InChI is InChI=1S/C22H39ClO4/c1-3-4-5-6-7-8-9-10-11-12-13-14-15-18-26-21(24)16-17-22(25)27-19-20(2)23/h16-17,20H,3-15,18-19H2,1-2H3/b17-16+. The van der Waals surface area contributed by atoms with Crippen molar-refractivity contribution < 1.29 is 19.1 Å². The Kier molecular flexibility index (Phi) is 19.0. The molecule has 1 atom stereocenters. The molecular weight excluding hydrogens is 364 g/mol. The summed E-state index contributed by atoms with van der Waals surface area (Å²) in [6.07, 6.45) is 18.8. The quantitative estimate of drug-likeness (QED) is 0.116. The first kappa shape index (κ1) is 26.0. The molecule has 158 valence electrons. The van der Waals surface area contributed by atoms with E-state index in [0.29, 0.717) is 6.61 Å². The second kappa shape index (κ2) is 19.7. The van der Waals surface area contributed by atoms with Gasteiger partial charge in [0.15, 0.2) is 0 Å². The molecule has 0 aromatic heterocycles. The van der Waals surface area contributed by atoms with Gasteiger partial charge in [-0.25, -0.2) is 9.59 Å². The minimum atomic E-state index is -0.583. The van der Waals surface area contributed by atoms with Crippen LogP contribution in [0.1, 0.15) is 97.3 Å². The number of hydrogen-bond donors (Lipinski definition) is 0. The maximum absolute atomic E-state index is 11.5. The van der Waals surface area contributed by atoms with E-state index in [1.54, 1.807) is 6.92 Å². The molecule has 0 bridgehead atoms. The molecule has 0 aromatic carbocycles. The van der Waals surface area contributed by atoms with Crippen LogP contribution >= 0.6 is 11.6 Å². The number of rotatable bonds is 18. The minimum absolute atomic E-state index is 0.124. The van der Waals surface area contributed by atoms with Crippen LogP contribution in [0.2, 0.25) is 0 Å². The average molecular weight is 403 g/mol. The molecule has 5 heteroatoms. The summed E-state index contributed by atoms with van der Waals surface area (Å²) in [6, 6.07) is 0. The molecule has 0 amide bonds. The highest BCUT2D eigenvalue weighted by molar-refractivity contribution is 6.20. The zero-order valence-corrected chi connectivity index (χ0v) is 18.1. The van der Waals surface area contributed by atoms with E-state index in [1.807, 2.05) is 0 Å². The van der Waals surface area contributed by atoms with Crippen molar-refractivity contribution in [1.82, 2.24) is 0 Å². The van der Waals surface area contributed by atoms with E-state index in [4.69, 9.17) is 21.1 Å². The van der Waals surface area contributed by atoms with Gasteiger partial charge in [-0.1, -0.05) is 84.0 Å². The van der Waals surface area contributed by atoms with Crippen LogP contribution in [0.3, 0.4) is 0 Å². The number of carbonyl (C=O) groups is 2. The molecule has 0 aromatic rings. The van der Waals surface area contributed by atoms with E-state index in [2.05, 4.69) is 6.92 Å². The molecule has 0 aliphatic carbocycles. The molecule has 1 unspecified atom stereocenters. The lowest BCUT2D eigenvalue weighted by Crippen LogP contribution is -2.10. The first-order valence-electron chi connectivity index (χ1n) is 10.7. The smallest absolute Gasteiger partial charge is 0.331 e. The molecule has 0 saturated carbocycles. The third-order valence-electron chi connectivity index (χ3n) is 4.30. The van der Waals surface area contributed by atoms with Gasteiger partial charge in [0.2, 0.25) is 0 Å². The molecule has 0 rings (SSSR count). The lowest BCUT2D eigenvalue weighted by molar-refractivity contribution is -0.140. The number of halogens is 1. The minimum Gasteiger partial charge on any atom is -0.463 e. The first-order chi connectivity index (χ1) is 13.1. The van der Waals surface area contributed by atoms with Gasteiger partial charge in [0.25, 0.3) is 0 Å². The van der Waals surface area contributed by atoms with Crippen molar-refractivity contribution in [3.8, 4) is 0 Å².